The molecule has 1 N–H and O–H groups in total. The summed E-state index contributed by atoms with van der Waals surface area (Å²) in [6.45, 7) is 3.76. The third-order valence-electron chi connectivity index (χ3n) is 1.05. The summed E-state index contributed by atoms with van der Waals surface area (Å²) in [6, 6.07) is 0. The molecule has 3 nitrogen and oxygen atoms in total. The monoisotopic (exact) mass is 188 g/mol. The molecule has 0 unspecified atom stereocenters. The molecule has 4 heteroatoms. The zero-order valence-electron chi connectivity index (χ0n) is 7.16. The Morgan fingerprint density at radius 2 is 2.17 bits per heavy atom. The molecule has 0 bridgehead atoms. The highest BCUT2D eigenvalue weighted by molar-refractivity contribution is 7.86. The van der Waals surface area contributed by atoms with Gasteiger partial charge in [0, 0.05) is 0 Å². The Kier molecular flexibility index (Phi) is 4.64. The van der Waals surface area contributed by atoms with Crippen LogP contribution in [-0.4, -0.2) is 18.7 Å². The first-order valence-electron chi connectivity index (χ1n) is 3.56. The summed E-state index contributed by atoms with van der Waals surface area (Å²) in [5.74, 6) is 4.47. The Labute approximate surface area is 73.2 Å². The molecule has 0 heterocycles. The van der Waals surface area contributed by atoms with E-state index in [9.17, 15) is 8.42 Å². The minimum atomic E-state index is -3.94. The zero-order valence-corrected chi connectivity index (χ0v) is 7.98. The molecule has 0 spiro atoms. The average molecular weight is 188 g/mol. The van der Waals surface area contributed by atoms with Gasteiger partial charge in [-0.05, 0) is 18.9 Å². The molecule has 0 fully saturated rings. The number of allylic oxidation sites excluding steroid dienone is 2. The van der Waals surface area contributed by atoms with Gasteiger partial charge in [0.15, 0.2) is 0 Å². The highest BCUT2D eigenvalue weighted by Gasteiger charge is 1.97. The topological polar surface area (TPSA) is 54.4 Å². The molecule has 12 heavy (non-hydrogen) atoms. The van der Waals surface area contributed by atoms with Crippen molar-refractivity contribution < 1.29 is 13.0 Å². The molecule has 0 aliphatic carbocycles. The fourth-order valence-electron chi connectivity index (χ4n) is 0.624. The van der Waals surface area contributed by atoms with Crippen LogP contribution < -0.4 is 0 Å². The van der Waals surface area contributed by atoms with Crippen molar-refractivity contribution in [2.45, 2.75) is 20.3 Å². The van der Waals surface area contributed by atoms with Gasteiger partial charge >= 0.3 is 0 Å². The summed E-state index contributed by atoms with van der Waals surface area (Å²) in [5.41, 5.74) is 0.821. The average Bonchev–Trinajstić information content (AvgIpc) is 1.84. The van der Waals surface area contributed by atoms with Gasteiger partial charge in [0.05, 0.1) is 0 Å². The fourth-order valence-corrected chi connectivity index (χ4v) is 0.878. The van der Waals surface area contributed by atoms with E-state index in [1.54, 1.807) is 6.92 Å². The Hall–Kier alpha value is -0.790. The predicted molar refractivity (Wildman–Crippen MR) is 48.2 cm³/mol. The van der Waals surface area contributed by atoms with E-state index >= 15 is 0 Å². The van der Waals surface area contributed by atoms with E-state index in [0.29, 0.717) is 0 Å². The van der Waals surface area contributed by atoms with Crippen LogP contribution in [0.1, 0.15) is 20.3 Å². The van der Waals surface area contributed by atoms with Gasteiger partial charge < -0.3 is 0 Å². The normalized spacial score (nSPS) is 12.1. The quantitative estimate of drug-likeness (QED) is 0.524. The largest absolute Gasteiger partial charge is 0.285 e. The van der Waals surface area contributed by atoms with E-state index in [4.69, 9.17) is 4.55 Å². The van der Waals surface area contributed by atoms with Crippen LogP contribution in [0.2, 0.25) is 0 Å². The van der Waals surface area contributed by atoms with Crippen LogP contribution in [0.3, 0.4) is 0 Å². The molecule has 0 rings (SSSR count). The van der Waals surface area contributed by atoms with Crippen LogP contribution in [0.5, 0.6) is 0 Å². The standard InChI is InChI=1S/C8H12O3S/c1-3-5-8(2)6-4-7-12(9,10)11/h5H,3,7H2,1-2H3,(H,9,10,11)/b8-5-. The molecule has 0 atom stereocenters. The lowest BCUT2D eigenvalue weighted by Gasteiger charge is -1.85. The van der Waals surface area contributed by atoms with Gasteiger partial charge in [-0.1, -0.05) is 24.8 Å². The molecule has 0 aliphatic heterocycles. The first kappa shape index (κ1) is 11.2. The van der Waals surface area contributed by atoms with Crippen LogP contribution in [0.25, 0.3) is 0 Å². The number of rotatable bonds is 2. The predicted octanol–water partition coefficient (Wildman–Crippen LogP) is 1.23. The van der Waals surface area contributed by atoms with Crippen LogP contribution >= 0.6 is 0 Å². The van der Waals surface area contributed by atoms with E-state index in [-0.39, 0.29) is 0 Å². The lowest BCUT2D eigenvalue weighted by atomic mass is 10.2. The van der Waals surface area contributed by atoms with E-state index in [2.05, 4.69) is 11.8 Å². The highest BCUT2D eigenvalue weighted by Crippen LogP contribution is 1.91. The lowest BCUT2D eigenvalue weighted by molar-refractivity contribution is 0.487. The van der Waals surface area contributed by atoms with Crippen LogP contribution in [0.4, 0.5) is 0 Å². The summed E-state index contributed by atoms with van der Waals surface area (Å²) in [4.78, 5) is 0. The highest BCUT2D eigenvalue weighted by atomic mass is 32.2. The summed E-state index contributed by atoms with van der Waals surface area (Å²) in [6.07, 6.45) is 2.75. The van der Waals surface area contributed by atoms with Crippen molar-refractivity contribution in [1.29, 1.82) is 0 Å². The van der Waals surface area contributed by atoms with Gasteiger partial charge in [-0.25, -0.2) is 0 Å². The summed E-state index contributed by atoms with van der Waals surface area (Å²) >= 11 is 0. The minimum Gasteiger partial charge on any atom is -0.285 e. The molecule has 0 aliphatic rings. The molecule has 0 aromatic rings. The van der Waals surface area contributed by atoms with Gasteiger partial charge in [-0.15, -0.1) is 0 Å². The lowest BCUT2D eigenvalue weighted by Crippen LogP contribution is -2.00. The number of hydrogen-bond acceptors (Lipinski definition) is 2. The van der Waals surface area contributed by atoms with E-state index in [0.717, 1.165) is 12.0 Å². The third-order valence-corrected chi connectivity index (χ3v) is 1.56. The second-order valence-corrected chi connectivity index (χ2v) is 3.78. The SMILES string of the molecule is CC/C=C(/C)C#CCS(=O)(=O)O. The fraction of sp³-hybridized carbons (Fsp3) is 0.500. The second kappa shape index (κ2) is 4.96. The molecule has 0 saturated carbocycles. The van der Waals surface area contributed by atoms with Crippen LogP contribution in [-0.2, 0) is 10.1 Å². The van der Waals surface area contributed by atoms with E-state index in [1.807, 2.05) is 13.0 Å². The maximum Gasteiger partial charge on any atom is 0.276 e. The van der Waals surface area contributed by atoms with Gasteiger partial charge in [-0.3, -0.25) is 4.55 Å². The van der Waals surface area contributed by atoms with Gasteiger partial charge in [-0.2, -0.15) is 8.42 Å². The Bertz CT molecular complexity index is 314. The van der Waals surface area contributed by atoms with Crippen LogP contribution in [0, 0.1) is 11.8 Å². The van der Waals surface area contributed by atoms with Crippen molar-refractivity contribution in [2.24, 2.45) is 0 Å². The van der Waals surface area contributed by atoms with Gasteiger partial charge in [0.2, 0.25) is 0 Å². The molecule has 68 valence electrons. The van der Waals surface area contributed by atoms with Gasteiger partial charge in [0.25, 0.3) is 10.1 Å². The smallest absolute Gasteiger partial charge is 0.276 e. The van der Waals surface area contributed by atoms with Crippen molar-refractivity contribution in [1.82, 2.24) is 0 Å². The molecule has 0 amide bonds. The van der Waals surface area contributed by atoms with E-state index < -0.39 is 15.9 Å². The van der Waals surface area contributed by atoms with Crippen LogP contribution in [0.15, 0.2) is 11.6 Å². The maximum atomic E-state index is 10.2. The molecular formula is C8H12O3S. The molecule has 0 aromatic carbocycles. The maximum absolute atomic E-state index is 10.2. The Morgan fingerprint density at radius 3 is 2.58 bits per heavy atom. The molecule has 0 aromatic heterocycles. The minimum absolute atomic E-state index is 0.498. The first-order valence-corrected chi connectivity index (χ1v) is 5.17. The van der Waals surface area contributed by atoms with Gasteiger partial charge in [0.1, 0.15) is 5.75 Å². The van der Waals surface area contributed by atoms with Crippen molar-refractivity contribution in [3.63, 3.8) is 0 Å². The summed E-state index contributed by atoms with van der Waals surface area (Å²) in [7, 11) is -3.94. The molecule has 0 saturated heterocycles. The summed E-state index contributed by atoms with van der Waals surface area (Å²) in [5, 5.41) is 0. The Morgan fingerprint density at radius 1 is 1.58 bits per heavy atom. The third kappa shape index (κ3) is 7.32. The van der Waals surface area contributed by atoms with Crippen molar-refractivity contribution in [3.8, 4) is 11.8 Å². The molecular weight excluding hydrogens is 176 g/mol. The first-order chi connectivity index (χ1) is 5.45. The molecule has 0 radical (unpaired) electrons. The van der Waals surface area contributed by atoms with Crippen molar-refractivity contribution >= 4 is 10.1 Å². The van der Waals surface area contributed by atoms with E-state index in [1.165, 1.54) is 0 Å². The zero-order chi connectivity index (χ0) is 9.61. The summed E-state index contributed by atoms with van der Waals surface area (Å²) < 4.78 is 28.7. The van der Waals surface area contributed by atoms with Crippen molar-refractivity contribution in [3.05, 3.63) is 11.6 Å². The number of hydrogen-bond donors (Lipinski definition) is 1. The Balaban J connectivity index is 4.16. The van der Waals surface area contributed by atoms with Crippen molar-refractivity contribution in [2.75, 3.05) is 5.75 Å². The second-order valence-electron chi connectivity index (χ2n) is 2.32.